The van der Waals surface area contributed by atoms with E-state index in [4.69, 9.17) is 0 Å². The van der Waals surface area contributed by atoms with Gasteiger partial charge in [0, 0.05) is 5.69 Å². The smallest absolute Gasteiger partial charge is 0.307 e. The van der Waals surface area contributed by atoms with Crippen LogP contribution in [0.15, 0.2) is 30.3 Å². The van der Waals surface area contributed by atoms with Gasteiger partial charge in [0.15, 0.2) is 0 Å². The number of carbonyl (C=O) groups is 2. The number of hydrazine groups is 1. The number of rotatable bonds is 1. The van der Waals surface area contributed by atoms with Gasteiger partial charge in [0.2, 0.25) is 0 Å². The maximum absolute atomic E-state index is 11.7. The van der Waals surface area contributed by atoms with Crippen LogP contribution >= 0.6 is 0 Å². The maximum Gasteiger partial charge on any atom is 0.472 e. The average Bonchev–Trinajstić information content (AvgIpc) is 2.26. The Hall–Kier alpha value is -2.25. The van der Waals surface area contributed by atoms with E-state index in [1.165, 1.54) is 17.6 Å². The number of hydrogen-bond donors (Lipinski definition) is 3. The van der Waals surface area contributed by atoms with Gasteiger partial charge in [0.1, 0.15) is 0 Å². The van der Waals surface area contributed by atoms with Crippen LogP contribution in [0.3, 0.4) is 0 Å². The van der Waals surface area contributed by atoms with Crippen LogP contribution in [0.5, 0.6) is 0 Å². The lowest BCUT2D eigenvalue weighted by atomic mass is 10.3. The summed E-state index contributed by atoms with van der Waals surface area (Å²) in [6, 6.07) is 7.05. The van der Waals surface area contributed by atoms with Crippen molar-refractivity contribution in [2.24, 2.45) is 0 Å². The van der Waals surface area contributed by atoms with Crippen LogP contribution in [0.2, 0.25) is 0 Å². The number of carbonyl (C=O) groups excluding carboxylic acids is 2. The monoisotopic (exact) mass is 247 g/mol. The van der Waals surface area contributed by atoms with Crippen LogP contribution in [-0.4, -0.2) is 18.1 Å². The molecule has 0 radical (unpaired) electrons. The molecule has 17 heavy (non-hydrogen) atoms. The lowest BCUT2D eigenvalue weighted by molar-refractivity contribution is -0.174. The van der Waals surface area contributed by atoms with E-state index in [-0.39, 0.29) is 0 Å². The summed E-state index contributed by atoms with van der Waals surface area (Å²) in [4.78, 5) is 21.4. The SMILES string of the molecule is O=C(NNC(=O)C(F)(F)F)Nc1ccccc1. The van der Waals surface area contributed by atoms with Crippen LogP contribution in [0.1, 0.15) is 0 Å². The molecule has 0 atom stereocenters. The number of halogens is 3. The Morgan fingerprint density at radius 3 is 2.12 bits per heavy atom. The van der Waals surface area contributed by atoms with Crippen LogP contribution in [-0.2, 0) is 4.79 Å². The van der Waals surface area contributed by atoms with Crippen molar-refractivity contribution in [3.05, 3.63) is 30.3 Å². The number of anilines is 1. The molecular weight excluding hydrogens is 239 g/mol. The first-order valence-electron chi connectivity index (χ1n) is 4.39. The molecule has 0 fully saturated rings. The van der Waals surface area contributed by atoms with E-state index in [0.29, 0.717) is 5.69 Å². The van der Waals surface area contributed by atoms with Gasteiger partial charge >= 0.3 is 18.1 Å². The Morgan fingerprint density at radius 1 is 1.00 bits per heavy atom. The summed E-state index contributed by atoms with van der Waals surface area (Å²) in [6.45, 7) is 0. The topological polar surface area (TPSA) is 70.2 Å². The lowest BCUT2D eigenvalue weighted by Crippen LogP contribution is -2.49. The van der Waals surface area contributed by atoms with Gasteiger partial charge < -0.3 is 5.32 Å². The largest absolute Gasteiger partial charge is 0.472 e. The van der Waals surface area contributed by atoms with Gasteiger partial charge in [-0.2, -0.15) is 13.2 Å². The normalized spacial score (nSPS) is 10.5. The predicted molar refractivity (Wildman–Crippen MR) is 52.8 cm³/mol. The van der Waals surface area contributed by atoms with E-state index in [1.54, 1.807) is 23.6 Å². The minimum absolute atomic E-state index is 0.381. The number of benzene rings is 1. The molecular formula is C9H8F3N3O2. The number of hydrogen-bond acceptors (Lipinski definition) is 2. The van der Waals surface area contributed by atoms with Gasteiger partial charge in [-0.25, -0.2) is 10.2 Å². The van der Waals surface area contributed by atoms with Crippen molar-refractivity contribution in [2.45, 2.75) is 6.18 Å². The highest BCUT2D eigenvalue weighted by Gasteiger charge is 2.38. The van der Waals surface area contributed by atoms with E-state index in [2.05, 4.69) is 5.32 Å². The molecule has 0 aliphatic rings. The summed E-state index contributed by atoms with van der Waals surface area (Å²) in [5.74, 6) is -2.25. The first-order chi connectivity index (χ1) is 7.89. The summed E-state index contributed by atoms with van der Waals surface area (Å²) >= 11 is 0. The second kappa shape index (κ2) is 5.19. The molecule has 1 aromatic rings. The number of urea groups is 1. The molecule has 0 aliphatic carbocycles. The van der Waals surface area contributed by atoms with Crippen LogP contribution in [0, 0.1) is 0 Å². The molecule has 0 heterocycles. The Bertz CT molecular complexity index is 406. The molecule has 3 N–H and O–H groups in total. The van der Waals surface area contributed by atoms with E-state index in [1.807, 2.05) is 0 Å². The lowest BCUT2D eigenvalue weighted by Gasteiger charge is -2.10. The third-order valence-electron chi connectivity index (χ3n) is 1.58. The molecule has 0 spiro atoms. The fourth-order valence-corrected chi connectivity index (χ4v) is 0.868. The molecule has 0 aromatic heterocycles. The quantitative estimate of drug-likeness (QED) is 0.656. The van der Waals surface area contributed by atoms with Crippen molar-refractivity contribution < 1.29 is 22.8 Å². The number of alkyl halides is 3. The van der Waals surface area contributed by atoms with Gasteiger partial charge in [-0.05, 0) is 12.1 Å². The highest BCUT2D eigenvalue weighted by Crippen LogP contribution is 2.13. The summed E-state index contributed by atoms with van der Waals surface area (Å²) in [7, 11) is 0. The first kappa shape index (κ1) is 12.8. The van der Waals surface area contributed by atoms with E-state index in [0.717, 1.165) is 0 Å². The Balaban J connectivity index is 2.39. The van der Waals surface area contributed by atoms with Gasteiger partial charge in [0.25, 0.3) is 0 Å². The van der Waals surface area contributed by atoms with Gasteiger partial charge in [-0.1, -0.05) is 18.2 Å². The minimum Gasteiger partial charge on any atom is -0.307 e. The Kier molecular flexibility index (Phi) is 3.91. The molecule has 0 bridgehead atoms. The van der Waals surface area contributed by atoms with E-state index in [9.17, 15) is 22.8 Å². The second-order valence-corrected chi connectivity index (χ2v) is 2.90. The minimum atomic E-state index is -5.04. The Morgan fingerprint density at radius 2 is 1.59 bits per heavy atom. The summed E-state index contributed by atoms with van der Waals surface area (Å²) in [5, 5.41) is 2.22. The molecule has 1 aromatic carbocycles. The molecule has 0 unspecified atom stereocenters. The van der Waals surface area contributed by atoms with Gasteiger partial charge in [-0.3, -0.25) is 10.2 Å². The molecule has 0 saturated heterocycles. The van der Waals surface area contributed by atoms with Crippen molar-refractivity contribution in [3.63, 3.8) is 0 Å². The van der Waals surface area contributed by atoms with Crippen molar-refractivity contribution in [3.8, 4) is 0 Å². The maximum atomic E-state index is 11.7. The fraction of sp³-hybridized carbons (Fsp3) is 0.111. The zero-order valence-corrected chi connectivity index (χ0v) is 8.34. The fourth-order valence-electron chi connectivity index (χ4n) is 0.868. The molecule has 0 aliphatic heterocycles. The highest BCUT2D eigenvalue weighted by molar-refractivity contribution is 5.91. The van der Waals surface area contributed by atoms with E-state index < -0.39 is 18.1 Å². The Labute approximate surface area is 94.0 Å². The molecule has 1 rings (SSSR count). The van der Waals surface area contributed by atoms with Crippen LogP contribution < -0.4 is 16.2 Å². The van der Waals surface area contributed by atoms with E-state index >= 15 is 0 Å². The summed E-state index contributed by atoms with van der Waals surface area (Å²) in [6.07, 6.45) is -5.04. The first-order valence-corrected chi connectivity index (χ1v) is 4.39. The van der Waals surface area contributed by atoms with Gasteiger partial charge in [-0.15, -0.1) is 0 Å². The number of para-hydroxylation sites is 1. The van der Waals surface area contributed by atoms with Gasteiger partial charge in [0.05, 0.1) is 0 Å². The zero-order chi connectivity index (χ0) is 12.9. The molecule has 3 amide bonds. The second-order valence-electron chi connectivity index (χ2n) is 2.90. The van der Waals surface area contributed by atoms with Crippen molar-refractivity contribution in [1.82, 2.24) is 10.9 Å². The number of nitrogens with one attached hydrogen (secondary N) is 3. The van der Waals surface area contributed by atoms with Crippen LogP contribution in [0.25, 0.3) is 0 Å². The molecule has 5 nitrogen and oxygen atoms in total. The molecule has 8 heteroatoms. The standard InChI is InChI=1S/C9H8F3N3O2/c10-9(11,12)7(16)14-15-8(17)13-6-4-2-1-3-5-6/h1-5H,(H,14,16)(H2,13,15,17). The predicted octanol–water partition coefficient (Wildman–Crippen LogP) is 1.40. The summed E-state index contributed by atoms with van der Waals surface area (Å²) < 4.78 is 35.2. The average molecular weight is 247 g/mol. The molecule has 0 saturated carbocycles. The highest BCUT2D eigenvalue weighted by atomic mass is 19.4. The number of amides is 3. The van der Waals surface area contributed by atoms with Crippen molar-refractivity contribution in [1.29, 1.82) is 0 Å². The third kappa shape index (κ3) is 4.41. The molecule has 92 valence electrons. The zero-order valence-electron chi connectivity index (χ0n) is 8.34. The third-order valence-corrected chi connectivity index (χ3v) is 1.58. The summed E-state index contributed by atoms with van der Waals surface area (Å²) in [5.41, 5.74) is 3.17. The van der Waals surface area contributed by atoms with Crippen LogP contribution in [0.4, 0.5) is 23.7 Å². The van der Waals surface area contributed by atoms with Crippen molar-refractivity contribution in [2.75, 3.05) is 5.32 Å². The van der Waals surface area contributed by atoms with Crippen molar-refractivity contribution >= 4 is 17.6 Å².